The smallest absolute Gasteiger partial charge is 0.351 e. The summed E-state index contributed by atoms with van der Waals surface area (Å²) in [6.45, 7) is 1.83. The van der Waals surface area contributed by atoms with Gasteiger partial charge in [0.2, 0.25) is 0 Å². The average Bonchev–Trinajstić information content (AvgIpc) is 2.89. The van der Waals surface area contributed by atoms with Gasteiger partial charge in [-0.1, -0.05) is 26.2 Å². The Labute approximate surface area is 156 Å². The maximum atomic E-state index is 12.2. The van der Waals surface area contributed by atoms with Crippen molar-refractivity contribution in [2.75, 3.05) is 12.3 Å². The molecular weight excluding hydrogens is 379 g/mol. The third kappa shape index (κ3) is 4.75. The molecule has 0 bridgehead atoms. The minimum atomic E-state index is -4.48. The van der Waals surface area contributed by atoms with Gasteiger partial charge < -0.3 is 35.7 Å². The van der Waals surface area contributed by atoms with Crippen molar-refractivity contribution in [1.82, 2.24) is 15.7 Å². The Morgan fingerprint density at radius 3 is 2.89 bits per heavy atom. The van der Waals surface area contributed by atoms with Crippen LogP contribution in [-0.4, -0.2) is 39.6 Å². The topological polar surface area (TPSA) is 185 Å². The van der Waals surface area contributed by atoms with E-state index in [1.165, 1.54) is 6.20 Å². The second kappa shape index (κ2) is 8.78. The minimum absolute atomic E-state index is 0. The van der Waals surface area contributed by atoms with Crippen LogP contribution in [-0.2, 0) is 24.8 Å². The van der Waals surface area contributed by atoms with Crippen molar-refractivity contribution >= 4 is 13.6 Å². The van der Waals surface area contributed by atoms with Crippen LogP contribution in [0.4, 0.5) is 5.82 Å². The largest absolute Gasteiger partial charge is 0.756 e. The highest BCUT2D eigenvalue weighted by molar-refractivity contribution is 7.45. The summed E-state index contributed by atoms with van der Waals surface area (Å²) in [4.78, 5) is 27.5. The van der Waals surface area contributed by atoms with Gasteiger partial charge in [-0.3, -0.25) is 9.13 Å². The molecule has 0 aliphatic carbocycles. The number of phosphoric acid groups is 1. The van der Waals surface area contributed by atoms with Gasteiger partial charge in [0.25, 0.3) is 7.82 Å². The fraction of sp³-hybridized carbons (Fsp3) is 0.733. The van der Waals surface area contributed by atoms with Gasteiger partial charge in [-0.2, -0.15) is 4.98 Å². The Morgan fingerprint density at radius 2 is 2.19 bits per heavy atom. The predicted molar refractivity (Wildman–Crippen MR) is 95.1 cm³/mol. The molecule has 2 saturated heterocycles. The molecule has 7 N–H and O–H groups in total. The van der Waals surface area contributed by atoms with Gasteiger partial charge in [0.1, 0.15) is 24.1 Å². The quantitative estimate of drug-likeness (QED) is 0.446. The van der Waals surface area contributed by atoms with E-state index in [0.29, 0.717) is 12.0 Å². The first-order valence-electron chi connectivity index (χ1n) is 8.67. The van der Waals surface area contributed by atoms with Gasteiger partial charge in [0, 0.05) is 11.8 Å². The summed E-state index contributed by atoms with van der Waals surface area (Å²) >= 11 is 0. The summed E-state index contributed by atoms with van der Waals surface area (Å²) in [7, 11) is -4.48. The highest BCUT2D eigenvalue weighted by Gasteiger charge is 2.50. The van der Waals surface area contributed by atoms with Crippen molar-refractivity contribution in [3.8, 4) is 0 Å². The van der Waals surface area contributed by atoms with E-state index in [9.17, 15) is 19.4 Å². The van der Waals surface area contributed by atoms with E-state index in [1.54, 1.807) is 0 Å². The lowest BCUT2D eigenvalue weighted by atomic mass is 10.1. The molecule has 2 aliphatic heterocycles. The number of aromatic nitrogens is 2. The fourth-order valence-corrected chi connectivity index (χ4v) is 4.15. The molecule has 5 atom stereocenters. The highest BCUT2D eigenvalue weighted by atomic mass is 31.2. The summed E-state index contributed by atoms with van der Waals surface area (Å²) in [5.74, 6) is 0.149. The number of fused-ring (bicyclic) bond motifs is 1. The zero-order valence-electron chi connectivity index (χ0n) is 15.4. The van der Waals surface area contributed by atoms with Crippen LogP contribution < -0.4 is 22.5 Å². The molecule has 0 amide bonds. The second-order valence-corrected chi connectivity index (χ2v) is 7.88. The van der Waals surface area contributed by atoms with Crippen molar-refractivity contribution in [3.63, 3.8) is 0 Å². The molecule has 0 aromatic carbocycles. The zero-order chi connectivity index (χ0) is 18.9. The normalized spacial score (nSPS) is 32.7. The average molecular weight is 406 g/mol. The molecule has 12 heteroatoms. The summed E-state index contributed by atoms with van der Waals surface area (Å²) < 4.78 is 27.5. The maximum absolute atomic E-state index is 12.2. The monoisotopic (exact) mass is 406 g/mol. The standard InChI is InChI=1S/C15H24N3O7P.H3N/c1-2-3-4-5-6-9-7-18(15(20)17-13(9)16)14-11(19)12-10(24-14)8-23-26(21,22)25-12;/h7,10-12,14,19H,2-6,8H2,1H3,(H,21,22)(H2,16,17,20);1H3. The number of phosphoric ester groups is 1. The molecule has 154 valence electrons. The number of nitrogens with zero attached hydrogens (tertiary/aromatic N) is 2. The second-order valence-electron chi connectivity index (χ2n) is 6.52. The molecule has 0 spiro atoms. The molecule has 1 aromatic rings. The molecule has 11 nitrogen and oxygen atoms in total. The van der Waals surface area contributed by atoms with Crippen molar-refractivity contribution in [2.24, 2.45) is 0 Å². The third-order valence-electron chi connectivity index (χ3n) is 4.59. The van der Waals surface area contributed by atoms with E-state index >= 15 is 0 Å². The van der Waals surface area contributed by atoms with Crippen LogP contribution in [0.5, 0.6) is 0 Å². The molecule has 2 fully saturated rings. The number of ether oxygens (including phenoxy) is 1. The molecule has 3 heterocycles. The minimum Gasteiger partial charge on any atom is -0.756 e. The summed E-state index contributed by atoms with van der Waals surface area (Å²) in [6.07, 6.45) is 1.88. The van der Waals surface area contributed by atoms with Crippen LogP contribution >= 0.6 is 7.82 Å². The molecule has 1 aromatic heterocycles. The number of aryl methyl sites for hydroxylation is 1. The molecule has 2 aliphatic rings. The van der Waals surface area contributed by atoms with Crippen molar-refractivity contribution in [1.29, 1.82) is 0 Å². The maximum Gasteiger partial charge on any atom is 0.351 e. The number of unbranched alkanes of at least 4 members (excludes halogenated alkanes) is 3. The van der Waals surface area contributed by atoms with Gasteiger partial charge in [0.05, 0.1) is 6.61 Å². The Bertz CT molecular complexity index is 758. The van der Waals surface area contributed by atoms with Crippen LogP contribution in [0.2, 0.25) is 0 Å². The molecule has 0 saturated carbocycles. The van der Waals surface area contributed by atoms with Crippen LogP contribution in [0.3, 0.4) is 0 Å². The van der Waals surface area contributed by atoms with E-state index in [2.05, 4.69) is 16.4 Å². The van der Waals surface area contributed by atoms with Crippen molar-refractivity contribution in [3.05, 3.63) is 22.2 Å². The fourth-order valence-electron chi connectivity index (χ4n) is 3.20. The SMILES string of the molecule is CCCCCCc1cn(C2OC3COP(=O)([O-])OC3C2O)c(=O)nc1N.[NH4+]. The van der Waals surface area contributed by atoms with Crippen LogP contribution in [0, 0.1) is 0 Å². The van der Waals surface area contributed by atoms with Gasteiger partial charge in [-0.25, -0.2) is 4.79 Å². The number of hydrogen-bond donors (Lipinski definition) is 3. The Balaban J connectivity index is 0.00000261. The van der Waals surface area contributed by atoms with Crippen LogP contribution in [0.1, 0.15) is 44.4 Å². The molecular formula is C15H27N4O7P. The lowest BCUT2D eigenvalue weighted by Crippen LogP contribution is -2.41. The highest BCUT2D eigenvalue weighted by Crippen LogP contribution is 2.49. The number of nitrogens with two attached hydrogens (primary N) is 1. The Morgan fingerprint density at radius 1 is 1.44 bits per heavy atom. The van der Waals surface area contributed by atoms with Crippen LogP contribution in [0.15, 0.2) is 11.0 Å². The third-order valence-corrected chi connectivity index (χ3v) is 5.56. The van der Waals surface area contributed by atoms with E-state index in [0.717, 1.165) is 30.3 Å². The number of rotatable bonds is 6. The molecule has 0 radical (unpaired) electrons. The first-order chi connectivity index (χ1) is 12.3. The number of hydrogen-bond acceptors (Lipinski definition) is 9. The van der Waals surface area contributed by atoms with Gasteiger partial charge in [-0.15, -0.1) is 0 Å². The van der Waals surface area contributed by atoms with Gasteiger partial charge in [0.15, 0.2) is 6.23 Å². The number of quaternary nitrogens is 1. The number of aliphatic hydroxyl groups is 1. The first kappa shape index (κ1) is 22.0. The number of nitrogen functional groups attached to an aromatic ring is 1. The van der Waals surface area contributed by atoms with Crippen LogP contribution in [0.25, 0.3) is 0 Å². The van der Waals surface area contributed by atoms with E-state index in [4.69, 9.17) is 15.0 Å². The Kier molecular flexibility index (Phi) is 7.14. The van der Waals surface area contributed by atoms with E-state index < -0.39 is 38.1 Å². The van der Waals surface area contributed by atoms with Crippen molar-refractivity contribution < 1.29 is 28.3 Å². The first-order valence-corrected chi connectivity index (χ1v) is 10.1. The van der Waals surface area contributed by atoms with Crippen molar-refractivity contribution in [2.45, 2.75) is 63.6 Å². The van der Waals surface area contributed by atoms with Gasteiger partial charge in [-0.05, 0) is 12.8 Å². The predicted octanol–water partition coefficient (Wildman–Crippen LogP) is 0.467. The molecule has 5 unspecified atom stereocenters. The zero-order valence-corrected chi connectivity index (χ0v) is 16.3. The van der Waals surface area contributed by atoms with Gasteiger partial charge >= 0.3 is 5.69 Å². The summed E-state index contributed by atoms with van der Waals surface area (Å²) in [5.41, 5.74) is 5.83. The lowest BCUT2D eigenvalue weighted by Gasteiger charge is -2.34. The number of aliphatic hydroxyl groups excluding tert-OH is 1. The van der Waals surface area contributed by atoms with E-state index in [1.807, 2.05) is 0 Å². The summed E-state index contributed by atoms with van der Waals surface area (Å²) in [6, 6.07) is 0. The van der Waals surface area contributed by atoms with E-state index in [-0.39, 0.29) is 18.6 Å². The molecule has 27 heavy (non-hydrogen) atoms. The summed E-state index contributed by atoms with van der Waals surface area (Å²) in [5, 5.41) is 10.4. The molecule has 3 rings (SSSR count). The Hall–Kier alpha value is -1.33. The lowest BCUT2D eigenvalue weighted by molar-refractivity contribution is -0.245. The number of anilines is 1.